The number of likely N-dealkylation sites (tertiary alicyclic amines) is 1. The third kappa shape index (κ3) is 3.88. The van der Waals surface area contributed by atoms with Crippen LogP contribution in [-0.2, 0) is 11.3 Å². The minimum Gasteiger partial charge on any atom is -0.481 e. The number of carboxylic acids is 1. The van der Waals surface area contributed by atoms with E-state index in [9.17, 15) is 4.79 Å². The van der Waals surface area contributed by atoms with Crippen molar-refractivity contribution >= 4 is 5.97 Å². The van der Waals surface area contributed by atoms with Crippen LogP contribution in [0.4, 0.5) is 0 Å². The van der Waals surface area contributed by atoms with Gasteiger partial charge in [0.1, 0.15) is 11.5 Å². The van der Waals surface area contributed by atoms with Gasteiger partial charge in [0.25, 0.3) is 0 Å². The van der Waals surface area contributed by atoms with E-state index in [-0.39, 0.29) is 0 Å². The molecule has 0 radical (unpaired) electrons. The van der Waals surface area contributed by atoms with Crippen molar-refractivity contribution in [3.63, 3.8) is 0 Å². The van der Waals surface area contributed by atoms with Gasteiger partial charge in [0.05, 0.1) is 6.54 Å². The molecule has 0 aromatic carbocycles. The Labute approximate surface area is 126 Å². The second-order valence-corrected chi connectivity index (χ2v) is 6.78. The number of carbonyl (C=O) groups is 1. The first kappa shape index (κ1) is 14.6. The van der Waals surface area contributed by atoms with Crippen molar-refractivity contribution in [3.8, 4) is 0 Å². The molecule has 1 aromatic heterocycles. The van der Waals surface area contributed by atoms with Crippen LogP contribution in [0, 0.1) is 11.8 Å². The molecule has 0 spiro atoms. The van der Waals surface area contributed by atoms with E-state index in [0.29, 0.717) is 18.3 Å². The smallest absolute Gasteiger partial charge is 0.303 e. The number of hydrogen-bond acceptors (Lipinski definition) is 3. The number of hydrogen-bond donors (Lipinski definition) is 1. The van der Waals surface area contributed by atoms with E-state index in [1.165, 1.54) is 6.42 Å². The summed E-state index contributed by atoms with van der Waals surface area (Å²) >= 11 is 0. The average Bonchev–Trinajstić information content (AvgIpc) is 3.01. The van der Waals surface area contributed by atoms with Gasteiger partial charge in [0.2, 0.25) is 0 Å². The van der Waals surface area contributed by atoms with Crippen molar-refractivity contribution in [2.75, 3.05) is 13.1 Å². The molecule has 1 aliphatic carbocycles. The predicted molar refractivity (Wildman–Crippen MR) is 80.1 cm³/mol. The quantitative estimate of drug-likeness (QED) is 0.872. The number of nitrogens with zero attached hydrogens (tertiary/aromatic N) is 1. The minimum atomic E-state index is -0.671. The largest absolute Gasteiger partial charge is 0.481 e. The van der Waals surface area contributed by atoms with Crippen molar-refractivity contribution in [2.24, 2.45) is 11.8 Å². The molecule has 1 aliphatic heterocycles. The van der Waals surface area contributed by atoms with Crippen molar-refractivity contribution in [3.05, 3.63) is 23.7 Å². The van der Waals surface area contributed by atoms with Gasteiger partial charge in [0, 0.05) is 12.3 Å². The summed E-state index contributed by atoms with van der Waals surface area (Å²) in [4.78, 5) is 13.0. The summed E-state index contributed by atoms with van der Waals surface area (Å²) in [6.45, 7) is 5.28. The zero-order valence-electron chi connectivity index (χ0n) is 12.8. The fourth-order valence-electron chi connectivity index (χ4n) is 3.38. The lowest BCUT2D eigenvalue weighted by Crippen LogP contribution is -2.33. The summed E-state index contributed by atoms with van der Waals surface area (Å²) in [5.74, 6) is 3.59. The van der Waals surface area contributed by atoms with E-state index in [4.69, 9.17) is 9.52 Å². The molecule has 21 heavy (non-hydrogen) atoms. The average molecular weight is 291 g/mol. The Kier molecular flexibility index (Phi) is 4.34. The first-order valence-corrected chi connectivity index (χ1v) is 8.14. The molecule has 2 atom stereocenters. The van der Waals surface area contributed by atoms with Crippen LogP contribution in [0.1, 0.15) is 56.5 Å². The Morgan fingerprint density at radius 1 is 1.38 bits per heavy atom. The third-order valence-corrected chi connectivity index (χ3v) is 5.01. The van der Waals surface area contributed by atoms with Crippen molar-refractivity contribution < 1.29 is 14.3 Å². The molecule has 0 bridgehead atoms. The van der Waals surface area contributed by atoms with Gasteiger partial charge in [0.15, 0.2) is 0 Å². The highest BCUT2D eigenvalue weighted by atomic mass is 16.4. The summed E-state index contributed by atoms with van der Waals surface area (Å²) in [7, 11) is 0. The van der Waals surface area contributed by atoms with Gasteiger partial charge in [-0.15, -0.1) is 0 Å². The van der Waals surface area contributed by atoms with E-state index in [0.717, 1.165) is 56.3 Å². The van der Waals surface area contributed by atoms with Crippen LogP contribution >= 0.6 is 0 Å². The Morgan fingerprint density at radius 2 is 2.10 bits per heavy atom. The maximum absolute atomic E-state index is 10.6. The van der Waals surface area contributed by atoms with E-state index in [1.807, 2.05) is 0 Å². The van der Waals surface area contributed by atoms with E-state index >= 15 is 0 Å². The summed E-state index contributed by atoms with van der Waals surface area (Å²) in [6.07, 6.45) is 4.63. The molecular formula is C17H25NO3. The summed E-state index contributed by atoms with van der Waals surface area (Å²) in [6, 6.07) is 4.26. The molecule has 0 amide bonds. The van der Waals surface area contributed by atoms with Gasteiger partial charge in [-0.1, -0.05) is 6.92 Å². The molecule has 4 nitrogen and oxygen atoms in total. The molecule has 4 heteroatoms. The van der Waals surface area contributed by atoms with Gasteiger partial charge in [-0.2, -0.15) is 0 Å². The van der Waals surface area contributed by atoms with Gasteiger partial charge in [-0.3, -0.25) is 9.69 Å². The number of rotatable bonds is 6. The van der Waals surface area contributed by atoms with Gasteiger partial charge >= 0.3 is 5.97 Å². The van der Waals surface area contributed by atoms with Gasteiger partial charge in [-0.05, 0) is 62.7 Å². The van der Waals surface area contributed by atoms with Crippen LogP contribution in [0.25, 0.3) is 0 Å². The molecular weight excluding hydrogens is 266 g/mol. The van der Waals surface area contributed by atoms with E-state index in [2.05, 4.69) is 24.0 Å². The monoisotopic (exact) mass is 291 g/mol. The fourth-order valence-corrected chi connectivity index (χ4v) is 3.38. The lowest BCUT2D eigenvalue weighted by atomic mass is 9.92. The molecule has 2 heterocycles. The second-order valence-electron chi connectivity index (χ2n) is 6.78. The Hall–Kier alpha value is -1.29. The fraction of sp³-hybridized carbons (Fsp3) is 0.706. The summed E-state index contributed by atoms with van der Waals surface area (Å²) < 4.78 is 5.97. The van der Waals surface area contributed by atoms with Crippen molar-refractivity contribution in [1.82, 2.24) is 4.90 Å². The van der Waals surface area contributed by atoms with Gasteiger partial charge in [-0.25, -0.2) is 0 Å². The van der Waals surface area contributed by atoms with Crippen LogP contribution in [0.15, 0.2) is 16.5 Å². The van der Waals surface area contributed by atoms with E-state index in [1.54, 1.807) is 0 Å². The Bertz CT molecular complexity index is 488. The normalized spacial score (nSPS) is 26.9. The summed E-state index contributed by atoms with van der Waals surface area (Å²) in [5.41, 5.74) is 0. The van der Waals surface area contributed by atoms with E-state index < -0.39 is 5.97 Å². The zero-order valence-corrected chi connectivity index (χ0v) is 12.8. The second kappa shape index (κ2) is 6.22. The maximum Gasteiger partial charge on any atom is 0.303 e. The topological polar surface area (TPSA) is 53.7 Å². The number of furan rings is 1. The predicted octanol–water partition coefficient (Wildman–Crippen LogP) is 3.48. The highest BCUT2D eigenvalue weighted by Gasteiger charge is 2.36. The van der Waals surface area contributed by atoms with Crippen LogP contribution < -0.4 is 0 Å². The molecule has 2 unspecified atom stereocenters. The van der Waals surface area contributed by atoms with Gasteiger partial charge < -0.3 is 9.52 Å². The SMILES string of the molecule is CC1CC1c1ccc(CN2CCC(CCC(=O)O)CC2)o1. The molecule has 1 saturated heterocycles. The van der Waals surface area contributed by atoms with Crippen LogP contribution in [0.3, 0.4) is 0 Å². The lowest BCUT2D eigenvalue weighted by Gasteiger charge is -2.31. The standard InChI is InChI=1S/C17H25NO3/c1-12-10-15(12)16-4-3-14(21-16)11-18-8-6-13(7-9-18)2-5-17(19)20/h3-4,12-13,15H,2,5-11H2,1H3,(H,19,20). The molecule has 1 N–H and O–H groups in total. The zero-order chi connectivity index (χ0) is 14.8. The molecule has 2 fully saturated rings. The first-order chi connectivity index (χ1) is 10.1. The number of piperidine rings is 1. The minimum absolute atomic E-state index is 0.311. The highest BCUT2D eigenvalue weighted by Crippen LogP contribution is 2.47. The molecule has 3 rings (SSSR count). The third-order valence-electron chi connectivity index (χ3n) is 5.01. The maximum atomic E-state index is 10.6. The van der Waals surface area contributed by atoms with Crippen LogP contribution in [-0.4, -0.2) is 29.1 Å². The Balaban J connectivity index is 1.42. The van der Waals surface area contributed by atoms with Crippen molar-refractivity contribution in [2.45, 2.75) is 51.5 Å². The molecule has 2 aliphatic rings. The summed E-state index contributed by atoms with van der Waals surface area (Å²) in [5, 5.41) is 8.74. The lowest BCUT2D eigenvalue weighted by molar-refractivity contribution is -0.137. The number of carboxylic acid groups (broad SMARTS) is 1. The van der Waals surface area contributed by atoms with Crippen molar-refractivity contribution in [1.29, 1.82) is 0 Å². The number of aliphatic carboxylic acids is 1. The molecule has 1 aromatic rings. The first-order valence-electron chi connectivity index (χ1n) is 8.14. The highest BCUT2D eigenvalue weighted by molar-refractivity contribution is 5.66. The molecule has 116 valence electrons. The molecule has 1 saturated carbocycles. The van der Waals surface area contributed by atoms with Crippen LogP contribution in [0.2, 0.25) is 0 Å². The van der Waals surface area contributed by atoms with Crippen LogP contribution in [0.5, 0.6) is 0 Å². The Morgan fingerprint density at radius 3 is 2.71 bits per heavy atom.